The molecule has 0 aliphatic carbocycles. The topological polar surface area (TPSA) is 45.4 Å². The first-order valence-electron chi connectivity index (χ1n) is 7.74. The van der Waals surface area contributed by atoms with E-state index in [1.54, 1.807) is 18.4 Å². The standard InChI is InChI=1S/C19H14BrF3O3S/c1-27(24)7-5-13-2-3-15(19(21,22)23)10-17(13)26-11-12-8-14-4-6-25-18(14)16(20)9-12/h2-10H,11H2,1H3. The number of halogens is 4. The summed E-state index contributed by atoms with van der Waals surface area (Å²) in [6.45, 7) is 0.0666. The average molecular weight is 459 g/mol. The molecule has 1 heterocycles. The largest absolute Gasteiger partial charge is 0.612 e. The molecule has 1 aromatic heterocycles. The molecule has 0 aliphatic rings. The lowest BCUT2D eigenvalue weighted by molar-refractivity contribution is -0.137. The summed E-state index contributed by atoms with van der Waals surface area (Å²) in [6.07, 6.45) is 0.0346. The molecule has 3 nitrogen and oxygen atoms in total. The van der Waals surface area contributed by atoms with Crippen LogP contribution in [-0.4, -0.2) is 10.8 Å². The minimum atomic E-state index is -4.48. The lowest BCUT2D eigenvalue weighted by Gasteiger charge is -2.13. The summed E-state index contributed by atoms with van der Waals surface area (Å²) in [5.74, 6) is 0.0648. The Hall–Kier alpha value is -1.90. The van der Waals surface area contributed by atoms with Crippen LogP contribution < -0.4 is 4.74 Å². The molecule has 0 saturated heterocycles. The number of alkyl halides is 3. The summed E-state index contributed by atoms with van der Waals surface area (Å²) in [5, 5.41) is 2.25. The summed E-state index contributed by atoms with van der Waals surface area (Å²) < 4.78 is 62.1. The molecule has 0 spiro atoms. The molecule has 1 atom stereocenters. The maximum Gasteiger partial charge on any atom is 0.416 e. The molecule has 8 heteroatoms. The number of rotatable bonds is 5. The Kier molecular flexibility index (Phi) is 5.88. The first kappa shape index (κ1) is 19.9. The van der Waals surface area contributed by atoms with E-state index in [2.05, 4.69) is 15.9 Å². The minimum absolute atomic E-state index is 0.0648. The van der Waals surface area contributed by atoms with Crippen molar-refractivity contribution in [1.82, 2.24) is 0 Å². The Morgan fingerprint density at radius 1 is 1.22 bits per heavy atom. The summed E-state index contributed by atoms with van der Waals surface area (Å²) in [4.78, 5) is 0. The number of ether oxygens (including phenoxy) is 1. The lowest BCUT2D eigenvalue weighted by Crippen LogP contribution is -2.06. The molecule has 1 unspecified atom stereocenters. The van der Waals surface area contributed by atoms with E-state index in [0.717, 1.165) is 27.6 Å². The third-order valence-corrected chi connectivity index (χ3v) is 4.85. The first-order valence-corrected chi connectivity index (χ1v) is 10.2. The van der Waals surface area contributed by atoms with Crippen LogP contribution >= 0.6 is 15.9 Å². The van der Waals surface area contributed by atoms with Gasteiger partial charge >= 0.3 is 6.18 Å². The monoisotopic (exact) mass is 458 g/mol. The van der Waals surface area contributed by atoms with Crippen LogP contribution in [0.25, 0.3) is 17.0 Å². The molecule has 0 fully saturated rings. The van der Waals surface area contributed by atoms with Gasteiger partial charge in [-0.05, 0) is 69.1 Å². The number of fused-ring (bicyclic) bond motifs is 1. The van der Waals surface area contributed by atoms with Crippen molar-refractivity contribution >= 4 is 44.2 Å². The molecule has 0 N–H and O–H groups in total. The van der Waals surface area contributed by atoms with Crippen LogP contribution in [0.4, 0.5) is 13.2 Å². The van der Waals surface area contributed by atoms with Crippen molar-refractivity contribution < 1.29 is 26.9 Å². The quantitative estimate of drug-likeness (QED) is 0.431. The van der Waals surface area contributed by atoms with Crippen LogP contribution in [0.3, 0.4) is 0 Å². The maximum absolute atomic E-state index is 13.0. The zero-order valence-electron chi connectivity index (χ0n) is 14.0. The molecule has 0 bridgehead atoms. The second-order valence-corrected chi connectivity index (χ2v) is 7.88. The molecule has 0 radical (unpaired) electrons. The SMILES string of the molecule is C[S+]([O-])C=Cc1ccc(C(F)(F)F)cc1OCc1cc(Br)c2occc2c1. The zero-order valence-corrected chi connectivity index (χ0v) is 16.5. The van der Waals surface area contributed by atoms with E-state index in [0.29, 0.717) is 11.1 Å². The Morgan fingerprint density at radius 3 is 2.70 bits per heavy atom. The van der Waals surface area contributed by atoms with Gasteiger partial charge in [-0.15, -0.1) is 0 Å². The van der Waals surface area contributed by atoms with E-state index in [-0.39, 0.29) is 12.4 Å². The van der Waals surface area contributed by atoms with Gasteiger partial charge in [0.15, 0.2) is 0 Å². The zero-order chi connectivity index (χ0) is 19.6. The highest BCUT2D eigenvalue weighted by molar-refractivity contribution is 9.10. The Labute approximate surface area is 165 Å². The van der Waals surface area contributed by atoms with Gasteiger partial charge in [-0.25, -0.2) is 0 Å². The molecule has 27 heavy (non-hydrogen) atoms. The van der Waals surface area contributed by atoms with Crippen LogP contribution in [0, 0.1) is 0 Å². The third-order valence-electron chi connectivity index (χ3n) is 3.74. The van der Waals surface area contributed by atoms with E-state index in [9.17, 15) is 17.7 Å². The Morgan fingerprint density at radius 2 is 2.00 bits per heavy atom. The molecule has 3 rings (SSSR count). The summed E-state index contributed by atoms with van der Waals surface area (Å²) in [5.41, 5.74) is 1.06. The highest BCUT2D eigenvalue weighted by atomic mass is 79.9. The lowest BCUT2D eigenvalue weighted by atomic mass is 10.1. The van der Waals surface area contributed by atoms with Gasteiger partial charge in [-0.2, -0.15) is 13.2 Å². The van der Waals surface area contributed by atoms with Crippen LogP contribution in [0.5, 0.6) is 5.75 Å². The van der Waals surface area contributed by atoms with Crippen molar-refractivity contribution in [2.75, 3.05) is 6.26 Å². The molecule has 142 valence electrons. The van der Waals surface area contributed by atoms with Crippen molar-refractivity contribution in [1.29, 1.82) is 0 Å². The fourth-order valence-corrected chi connectivity index (χ4v) is 3.44. The Balaban J connectivity index is 1.90. The van der Waals surface area contributed by atoms with Crippen LogP contribution in [0.1, 0.15) is 16.7 Å². The number of benzene rings is 2. The van der Waals surface area contributed by atoms with Crippen LogP contribution in [0.2, 0.25) is 0 Å². The summed E-state index contributed by atoms with van der Waals surface area (Å²) in [7, 11) is 0. The average Bonchev–Trinajstić information content (AvgIpc) is 3.06. The molecular formula is C19H14BrF3O3S. The van der Waals surface area contributed by atoms with Gasteiger partial charge in [0.1, 0.15) is 23.3 Å². The van der Waals surface area contributed by atoms with Crippen molar-refractivity contribution in [2.45, 2.75) is 12.8 Å². The second kappa shape index (κ2) is 8.00. The molecule has 0 saturated carbocycles. The molecule has 0 amide bonds. The fraction of sp³-hybridized carbons (Fsp3) is 0.158. The first-order chi connectivity index (χ1) is 12.7. The number of hydrogen-bond donors (Lipinski definition) is 0. The van der Waals surface area contributed by atoms with Crippen molar-refractivity contribution in [3.8, 4) is 5.75 Å². The number of hydrogen-bond acceptors (Lipinski definition) is 3. The van der Waals surface area contributed by atoms with E-state index >= 15 is 0 Å². The van der Waals surface area contributed by atoms with Gasteiger partial charge in [0.05, 0.1) is 22.6 Å². The van der Waals surface area contributed by atoms with Gasteiger partial charge in [-0.3, -0.25) is 0 Å². The predicted molar refractivity (Wildman–Crippen MR) is 103 cm³/mol. The van der Waals surface area contributed by atoms with Crippen molar-refractivity contribution in [3.63, 3.8) is 0 Å². The van der Waals surface area contributed by atoms with Gasteiger partial charge < -0.3 is 13.7 Å². The highest BCUT2D eigenvalue weighted by Gasteiger charge is 2.31. The van der Waals surface area contributed by atoms with E-state index in [1.165, 1.54) is 23.8 Å². The summed E-state index contributed by atoms with van der Waals surface area (Å²) >= 11 is 2.18. The second-order valence-electron chi connectivity index (χ2n) is 5.76. The summed E-state index contributed by atoms with van der Waals surface area (Å²) in [6, 6.07) is 8.64. The predicted octanol–water partition coefficient (Wildman–Crippen LogP) is 6.14. The van der Waals surface area contributed by atoms with Gasteiger partial charge in [-0.1, -0.05) is 6.07 Å². The van der Waals surface area contributed by atoms with Gasteiger partial charge in [0.25, 0.3) is 0 Å². The molecule has 2 aromatic carbocycles. The van der Waals surface area contributed by atoms with Crippen LogP contribution in [0.15, 0.2) is 57.0 Å². The van der Waals surface area contributed by atoms with E-state index in [4.69, 9.17) is 9.15 Å². The molecular weight excluding hydrogens is 445 g/mol. The Bertz CT molecular complexity index is 980. The smallest absolute Gasteiger partial charge is 0.416 e. The highest BCUT2D eigenvalue weighted by Crippen LogP contribution is 2.34. The van der Waals surface area contributed by atoms with E-state index < -0.39 is 22.9 Å². The van der Waals surface area contributed by atoms with Crippen LogP contribution in [-0.2, 0) is 24.0 Å². The maximum atomic E-state index is 13.0. The van der Waals surface area contributed by atoms with Gasteiger partial charge in [0, 0.05) is 10.9 Å². The van der Waals surface area contributed by atoms with Crippen molar-refractivity contribution in [2.24, 2.45) is 0 Å². The van der Waals surface area contributed by atoms with E-state index in [1.807, 2.05) is 6.07 Å². The molecule has 3 aromatic rings. The van der Waals surface area contributed by atoms with Crippen molar-refractivity contribution in [3.05, 3.63) is 69.2 Å². The molecule has 0 aliphatic heterocycles. The minimum Gasteiger partial charge on any atom is -0.612 e. The number of furan rings is 1. The van der Waals surface area contributed by atoms with Gasteiger partial charge in [0.2, 0.25) is 0 Å². The fourth-order valence-electron chi connectivity index (χ4n) is 2.48. The third kappa shape index (κ3) is 4.88. The normalized spacial score (nSPS) is 13.4.